The van der Waals surface area contributed by atoms with Gasteiger partial charge in [0.05, 0.1) is 6.61 Å². The van der Waals surface area contributed by atoms with E-state index >= 15 is 0 Å². The minimum atomic E-state index is -0.302. The lowest BCUT2D eigenvalue weighted by molar-refractivity contribution is 0.229. The van der Waals surface area contributed by atoms with E-state index in [0.717, 1.165) is 25.3 Å². The number of rotatable bonds is 2. The van der Waals surface area contributed by atoms with Gasteiger partial charge < -0.3 is 10.0 Å². The first-order chi connectivity index (χ1) is 8.79. The van der Waals surface area contributed by atoms with Crippen LogP contribution in [0, 0.1) is 5.82 Å². The standard InChI is InChI=1S/C14H19FN2O/c15-13-4-1-5-14(12(13)10-18)17-8-7-16-6-2-3-11(16)9-17/h1,4-5,11,18H,2-3,6-10H2. The molecule has 0 aliphatic carbocycles. The Balaban J connectivity index is 1.84. The van der Waals surface area contributed by atoms with E-state index in [1.165, 1.54) is 25.5 Å². The van der Waals surface area contributed by atoms with Crippen molar-refractivity contribution in [2.45, 2.75) is 25.5 Å². The molecule has 0 aromatic heterocycles. The predicted molar refractivity (Wildman–Crippen MR) is 69.1 cm³/mol. The molecule has 1 aromatic rings. The highest BCUT2D eigenvalue weighted by Gasteiger charge is 2.31. The molecule has 0 amide bonds. The van der Waals surface area contributed by atoms with Crippen LogP contribution >= 0.6 is 0 Å². The topological polar surface area (TPSA) is 26.7 Å². The third-order valence-corrected chi connectivity index (χ3v) is 4.18. The Bertz CT molecular complexity index is 438. The summed E-state index contributed by atoms with van der Waals surface area (Å²) in [6.45, 7) is 3.90. The lowest BCUT2D eigenvalue weighted by Gasteiger charge is -2.39. The van der Waals surface area contributed by atoms with Crippen LogP contribution in [0.4, 0.5) is 10.1 Å². The SMILES string of the molecule is OCc1c(F)cccc1N1CCN2CCCC2C1. The molecule has 0 radical (unpaired) electrons. The average Bonchev–Trinajstić information content (AvgIpc) is 2.85. The summed E-state index contributed by atoms with van der Waals surface area (Å²) >= 11 is 0. The number of nitrogens with zero attached hydrogens (tertiary/aromatic N) is 2. The molecule has 18 heavy (non-hydrogen) atoms. The molecule has 2 fully saturated rings. The third kappa shape index (κ3) is 1.99. The highest BCUT2D eigenvalue weighted by molar-refractivity contribution is 5.54. The Morgan fingerprint density at radius 1 is 1.28 bits per heavy atom. The van der Waals surface area contributed by atoms with Crippen molar-refractivity contribution in [3.8, 4) is 0 Å². The van der Waals surface area contributed by atoms with Crippen LogP contribution in [0.15, 0.2) is 18.2 Å². The molecule has 2 aliphatic heterocycles. The zero-order valence-corrected chi connectivity index (χ0v) is 10.5. The summed E-state index contributed by atoms with van der Waals surface area (Å²) in [4.78, 5) is 4.75. The van der Waals surface area contributed by atoms with Crippen LogP contribution in [0.5, 0.6) is 0 Å². The molecule has 4 heteroatoms. The van der Waals surface area contributed by atoms with Crippen LogP contribution in [0.25, 0.3) is 0 Å². The summed E-state index contributed by atoms with van der Waals surface area (Å²) in [6.07, 6.45) is 2.51. The number of aliphatic hydroxyl groups is 1. The minimum Gasteiger partial charge on any atom is -0.391 e. The third-order valence-electron chi connectivity index (χ3n) is 4.18. The van der Waals surface area contributed by atoms with E-state index in [9.17, 15) is 9.50 Å². The second-order valence-corrected chi connectivity index (χ2v) is 5.17. The van der Waals surface area contributed by atoms with E-state index in [1.54, 1.807) is 6.07 Å². The van der Waals surface area contributed by atoms with Gasteiger partial charge in [0.2, 0.25) is 0 Å². The molecular formula is C14H19FN2O. The lowest BCUT2D eigenvalue weighted by atomic mass is 10.1. The van der Waals surface area contributed by atoms with Crippen LogP contribution in [0.2, 0.25) is 0 Å². The fourth-order valence-electron chi connectivity index (χ4n) is 3.21. The maximum Gasteiger partial charge on any atom is 0.130 e. The smallest absolute Gasteiger partial charge is 0.130 e. The molecule has 0 saturated carbocycles. The van der Waals surface area contributed by atoms with Crippen molar-refractivity contribution in [3.05, 3.63) is 29.6 Å². The Kier molecular flexibility index (Phi) is 3.22. The number of benzene rings is 1. The zero-order valence-electron chi connectivity index (χ0n) is 10.5. The Hall–Kier alpha value is -1.13. The van der Waals surface area contributed by atoms with Crippen LogP contribution in [0.1, 0.15) is 18.4 Å². The molecule has 2 aliphatic rings. The quantitative estimate of drug-likeness (QED) is 0.863. The van der Waals surface area contributed by atoms with Gasteiger partial charge in [-0.2, -0.15) is 0 Å². The molecule has 3 rings (SSSR count). The van der Waals surface area contributed by atoms with Crippen LogP contribution in [0.3, 0.4) is 0 Å². The van der Waals surface area contributed by atoms with Gasteiger partial charge in [0.15, 0.2) is 0 Å². The van der Waals surface area contributed by atoms with Crippen molar-refractivity contribution in [1.82, 2.24) is 4.90 Å². The largest absolute Gasteiger partial charge is 0.391 e. The van der Waals surface area contributed by atoms with Gasteiger partial charge in [-0.1, -0.05) is 6.07 Å². The molecule has 0 spiro atoms. The molecular weight excluding hydrogens is 231 g/mol. The van der Waals surface area contributed by atoms with E-state index in [0.29, 0.717) is 11.6 Å². The predicted octanol–water partition coefficient (Wildman–Crippen LogP) is 1.60. The molecule has 1 N–H and O–H groups in total. The molecule has 98 valence electrons. The van der Waals surface area contributed by atoms with Gasteiger partial charge in [0.1, 0.15) is 5.82 Å². The molecule has 2 saturated heterocycles. The molecule has 3 nitrogen and oxygen atoms in total. The minimum absolute atomic E-state index is 0.229. The number of halogens is 1. The Morgan fingerprint density at radius 3 is 3.00 bits per heavy atom. The molecule has 1 atom stereocenters. The Morgan fingerprint density at radius 2 is 2.17 bits per heavy atom. The molecule has 1 aromatic carbocycles. The summed E-state index contributed by atoms with van der Waals surface area (Å²) < 4.78 is 13.7. The number of hydrogen-bond acceptors (Lipinski definition) is 3. The summed E-state index contributed by atoms with van der Waals surface area (Å²) in [5.41, 5.74) is 1.30. The van der Waals surface area contributed by atoms with E-state index in [1.807, 2.05) is 6.07 Å². The number of aliphatic hydroxyl groups excluding tert-OH is 1. The second kappa shape index (κ2) is 4.86. The lowest BCUT2D eigenvalue weighted by Crippen LogP contribution is -2.50. The fraction of sp³-hybridized carbons (Fsp3) is 0.571. The van der Waals surface area contributed by atoms with Gasteiger partial charge >= 0.3 is 0 Å². The summed E-state index contributed by atoms with van der Waals surface area (Å²) in [5.74, 6) is -0.302. The van der Waals surface area contributed by atoms with Crippen molar-refractivity contribution in [2.75, 3.05) is 31.1 Å². The van der Waals surface area contributed by atoms with Crippen LogP contribution < -0.4 is 4.90 Å². The Labute approximate surface area is 107 Å². The van der Waals surface area contributed by atoms with Gasteiger partial charge in [-0.05, 0) is 31.5 Å². The van der Waals surface area contributed by atoms with Crippen molar-refractivity contribution in [3.63, 3.8) is 0 Å². The first-order valence-electron chi connectivity index (χ1n) is 6.67. The summed E-state index contributed by atoms with van der Waals surface area (Å²) in [7, 11) is 0. The van der Waals surface area contributed by atoms with E-state index < -0.39 is 0 Å². The van der Waals surface area contributed by atoms with Gasteiger partial charge in [-0.15, -0.1) is 0 Å². The maximum atomic E-state index is 13.7. The summed E-state index contributed by atoms with van der Waals surface area (Å²) in [5, 5.41) is 9.34. The van der Waals surface area contributed by atoms with Crippen molar-refractivity contribution in [2.24, 2.45) is 0 Å². The monoisotopic (exact) mass is 250 g/mol. The van der Waals surface area contributed by atoms with Crippen LogP contribution in [-0.2, 0) is 6.61 Å². The number of hydrogen-bond donors (Lipinski definition) is 1. The maximum absolute atomic E-state index is 13.7. The summed E-state index contributed by atoms with van der Waals surface area (Å²) in [6, 6.07) is 5.67. The van der Waals surface area contributed by atoms with Crippen LogP contribution in [-0.4, -0.2) is 42.2 Å². The van der Waals surface area contributed by atoms with Gasteiger partial charge in [0.25, 0.3) is 0 Å². The second-order valence-electron chi connectivity index (χ2n) is 5.17. The van der Waals surface area contributed by atoms with E-state index in [2.05, 4.69) is 9.80 Å². The van der Waals surface area contributed by atoms with Crippen molar-refractivity contribution < 1.29 is 9.50 Å². The first-order valence-corrected chi connectivity index (χ1v) is 6.67. The number of anilines is 1. The normalized spacial score (nSPS) is 24.3. The van der Waals surface area contributed by atoms with Gasteiger partial charge in [-0.3, -0.25) is 4.90 Å². The van der Waals surface area contributed by atoms with E-state index in [-0.39, 0.29) is 12.4 Å². The highest BCUT2D eigenvalue weighted by Crippen LogP contribution is 2.28. The number of piperazine rings is 1. The zero-order chi connectivity index (χ0) is 12.5. The average molecular weight is 250 g/mol. The molecule has 0 bridgehead atoms. The first kappa shape index (κ1) is 11.9. The van der Waals surface area contributed by atoms with Crippen molar-refractivity contribution >= 4 is 5.69 Å². The highest BCUT2D eigenvalue weighted by atomic mass is 19.1. The molecule has 2 heterocycles. The van der Waals surface area contributed by atoms with Gasteiger partial charge in [0, 0.05) is 36.9 Å². The molecule has 1 unspecified atom stereocenters. The van der Waals surface area contributed by atoms with E-state index in [4.69, 9.17) is 0 Å². The van der Waals surface area contributed by atoms with Gasteiger partial charge in [-0.25, -0.2) is 4.39 Å². The number of fused-ring (bicyclic) bond motifs is 1. The van der Waals surface area contributed by atoms with Crippen molar-refractivity contribution in [1.29, 1.82) is 0 Å². The fourth-order valence-corrected chi connectivity index (χ4v) is 3.21.